The molecule has 0 bridgehead atoms. The molecule has 1 heterocycles. The molecule has 1 aromatic rings. The third kappa shape index (κ3) is 2.46. The highest BCUT2D eigenvalue weighted by Gasteiger charge is 2.14. The van der Waals surface area contributed by atoms with Crippen LogP contribution in [0.2, 0.25) is 0 Å². The van der Waals surface area contributed by atoms with Crippen molar-refractivity contribution in [2.45, 2.75) is 13.0 Å². The predicted octanol–water partition coefficient (Wildman–Crippen LogP) is 1.10. The molecule has 0 aliphatic carbocycles. The van der Waals surface area contributed by atoms with Crippen LogP contribution >= 0.6 is 0 Å². The van der Waals surface area contributed by atoms with Gasteiger partial charge in [0.15, 0.2) is 11.5 Å². The van der Waals surface area contributed by atoms with Gasteiger partial charge in [-0.15, -0.1) is 0 Å². The molecule has 2 N–H and O–H groups in total. The van der Waals surface area contributed by atoms with Gasteiger partial charge in [-0.05, 0) is 24.2 Å². The van der Waals surface area contributed by atoms with Crippen LogP contribution in [-0.4, -0.2) is 31.4 Å². The van der Waals surface area contributed by atoms with Gasteiger partial charge >= 0.3 is 0 Å². The van der Waals surface area contributed by atoms with Crippen molar-refractivity contribution in [2.75, 3.05) is 26.3 Å². The van der Waals surface area contributed by atoms with Gasteiger partial charge < -0.3 is 19.9 Å². The summed E-state index contributed by atoms with van der Waals surface area (Å²) in [5, 5.41) is 13.0. The Morgan fingerprint density at radius 2 is 2.06 bits per heavy atom. The van der Waals surface area contributed by atoms with Gasteiger partial charge in [0, 0.05) is 6.54 Å². The van der Waals surface area contributed by atoms with Crippen molar-refractivity contribution in [1.82, 2.24) is 5.32 Å². The van der Waals surface area contributed by atoms with Crippen molar-refractivity contribution < 1.29 is 14.6 Å². The molecule has 16 heavy (non-hydrogen) atoms. The van der Waals surface area contributed by atoms with E-state index in [4.69, 9.17) is 9.47 Å². The van der Waals surface area contributed by atoms with Crippen molar-refractivity contribution in [3.8, 4) is 11.5 Å². The second-order valence-electron chi connectivity index (χ2n) is 3.73. The van der Waals surface area contributed by atoms with E-state index >= 15 is 0 Å². The number of hydrogen-bond acceptors (Lipinski definition) is 4. The summed E-state index contributed by atoms with van der Waals surface area (Å²) in [5.74, 6) is 1.48. The number of benzene rings is 1. The Hall–Kier alpha value is -1.26. The van der Waals surface area contributed by atoms with Crippen LogP contribution in [-0.2, 0) is 0 Å². The van der Waals surface area contributed by atoms with Gasteiger partial charge in [0.2, 0.25) is 0 Å². The van der Waals surface area contributed by atoms with Crippen LogP contribution in [0.25, 0.3) is 0 Å². The molecule has 1 unspecified atom stereocenters. The second kappa shape index (κ2) is 5.18. The van der Waals surface area contributed by atoms with E-state index in [0.29, 0.717) is 19.8 Å². The average Bonchev–Trinajstić information content (AvgIpc) is 2.35. The summed E-state index contributed by atoms with van der Waals surface area (Å²) in [7, 11) is 0. The summed E-state index contributed by atoms with van der Waals surface area (Å²) < 4.78 is 10.9. The average molecular weight is 223 g/mol. The lowest BCUT2D eigenvalue weighted by atomic mass is 10.1. The van der Waals surface area contributed by atoms with E-state index in [2.05, 4.69) is 5.32 Å². The molecule has 4 heteroatoms. The molecule has 1 aromatic carbocycles. The van der Waals surface area contributed by atoms with Crippen molar-refractivity contribution >= 4 is 0 Å². The van der Waals surface area contributed by atoms with Gasteiger partial charge in [-0.3, -0.25) is 0 Å². The summed E-state index contributed by atoms with van der Waals surface area (Å²) >= 11 is 0. The molecule has 0 saturated heterocycles. The zero-order valence-electron chi connectivity index (χ0n) is 9.40. The first-order valence-electron chi connectivity index (χ1n) is 5.59. The molecule has 88 valence electrons. The maximum absolute atomic E-state index is 9.89. The van der Waals surface area contributed by atoms with Gasteiger partial charge in [-0.25, -0.2) is 0 Å². The van der Waals surface area contributed by atoms with Crippen LogP contribution < -0.4 is 14.8 Å². The number of nitrogens with one attached hydrogen (secondary N) is 1. The third-order valence-corrected chi connectivity index (χ3v) is 2.54. The molecule has 0 fully saturated rings. The number of ether oxygens (including phenoxy) is 2. The zero-order valence-corrected chi connectivity index (χ0v) is 9.40. The maximum Gasteiger partial charge on any atom is 0.161 e. The van der Waals surface area contributed by atoms with Crippen LogP contribution in [0.3, 0.4) is 0 Å². The molecule has 4 nitrogen and oxygen atoms in total. The molecule has 0 aromatic heterocycles. The number of aliphatic hydroxyl groups excluding tert-OH is 1. The van der Waals surface area contributed by atoms with Gasteiger partial charge in [0.05, 0.1) is 6.10 Å². The van der Waals surface area contributed by atoms with Crippen LogP contribution in [0.5, 0.6) is 11.5 Å². The lowest BCUT2D eigenvalue weighted by molar-refractivity contribution is 0.163. The van der Waals surface area contributed by atoms with Crippen LogP contribution in [0.1, 0.15) is 18.6 Å². The highest BCUT2D eigenvalue weighted by molar-refractivity contribution is 5.44. The predicted molar refractivity (Wildman–Crippen MR) is 60.9 cm³/mol. The SMILES string of the molecule is CCNCC(O)c1ccc2c(c1)OCCO2. The minimum Gasteiger partial charge on any atom is -0.486 e. The molecule has 2 rings (SSSR count). The Morgan fingerprint density at radius 3 is 2.81 bits per heavy atom. The summed E-state index contributed by atoms with van der Waals surface area (Å²) in [6.45, 7) is 4.57. The fourth-order valence-electron chi connectivity index (χ4n) is 1.67. The highest BCUT2D eigenvalue weighted by atomic mass is 16.6. The van der Waals surface area contributed by atoms with Crippen LogP contribution in [0.15, 0.2) is 18.2 Å². The topological polar surface area (TPSA) is 50.7 Å². The van der Waals surface area contributed by atoms with Crippen molar-refractivity contribution in [1.29, 1.82) is 0 Å². The molecule has 0 spiro atoms. The maximum atomic E-state index is 9.89. The summed E-state index contributed by atoms with van der Waals surface area (Å²) in [6.07, 6.45) is -0.504. The Morgan fingerprint density at radius 1 is 1.31 bits per heavy atom. The zero-order chi connectivity index (χ0) is 11.4. The number of fused-ring (bicyclic) bond motifs is 1. The first-order chi connectivity index (χ1) is 7.81. The minimum absolute atomic E-state index is 0.504. The summed E-state index contributed by atoms with van der Waals surface area (Å²) in [5.41, 5.74) is 0.852. The lowest BCUT2D eigenvalue weighted by Crippen LogP contribution is -2.21. The normalized spacial score (nSPS) is 15.9. The van der Waals surface area contributed by atoms with Crippen LogP contribution in [0.4, 0.5) is 0 Å². The van der Waals surface area contributed by atoms with Crippen molar-refractivity contribution in [3.63, 3.8) is 0 Å². The molecule has 0 saturated carbocycles. The van der Waals surface area contributed by atoms with E-state index < -0.39 is 6.10 Å². The Bertz CT molecular complexity index is 354. The van der Waals surface area contributed by atoms with Crippen LogP contribution in [0, 0.1) is 0 Å². The monoisotopic (exact) mass is 223 g/mol. The molecular weight excluding hydrogens is 206 g/mol. The van der Waals surface area contributed by atoms with E-state index in [-0.39, 0.29) is 0 Å². The van der Waals surface area contributed by atoms with E-state index in [1.165, 1.54) is 0 Å². The minimum atomic E-state index is -0.504. The molecular formula is C12H17NO3. The Balaban J connectivity index is 2.10. The lowest BCUT2D eigenvalue weighted by Gasteiger charge is -2.20. The Labute approximate surface area is 95.2 Å². The van der Waals surface area contributed by atoms with Gasteiger partial charge in [0.1, 0.15) is 13.2 Å². The smallest absolute Gasteiger partial charge is 0.161 e. The fraction of sp³-hybridized carbons (Fsp3) is 0.500. The number of hydrogen-bond donors (Lipinski definition) is 2. The van der Waals surface area contributed by atoms with Gasteiger partial charge in [-0.2, -0.15) is 0 Å². The quantitative estimate of drug-likeness (QED) is 0.802. The summed E-state index contributed by atoms with van der Waals surface area (Å²) in [4.78, 5) is 0. The number of likely N-dealkylation sites (N-methyl/N-ethyl adjacent to an activating group) is 1. The van der Waals surface area contributed by atoms with E-state index in [1.807, 2.05) is 25.1 Å². The number of rotatable bonds is 4. The van der Waals surface area contributed by atoms with Gasteiger partial charge in [-0.1, -0.05) is 13.0 Å². The first kappa shape index (κ1) is 11.2. The van der Waals surface area contributed by atoms with E-state index in [0.717, 1.165) is 23.6 Å². The molecule has 0 amide bonds. The molecule has 1 atom stereocenters. The molecule has 0 radical (unpaired) electrons. The first-order valence-corrected chi connectivity index (χ1v) is 5.59. The van der Waals surface area contributed by atoms with Gasteiger partial charge in [0.25, 0.3) is 0 Å². The van der Waals surface area contributed by atoms with Crippen molar-refractivity contribution in [2.24, 2.45) is 0 Å². The fourth-order valence-corrected chi connectivity index (χ4v) is 1.67. The standard InChI is InChI=1S/C12H17NO3/c1-2-13-8-10(14)9-3-4-11-12(7-9)16-6-5-15-11/h3-4,7,10,13-14H,2,5-6,8H2,1H3. The highest BCUT2D eigenvalue weighted by Crippen LogP contribution is 2.32. The summed E-state index contributed by atoms with van der Waals surface area (Å²) in [6, 6.07) is 5.56. The molecule has 1 aliphatic heterocycles. The molecule has 1 aliphatic rings. The second-order valence-corrected chi connectivity index (χ2v) is 3.73. The Kier molecular flexibility index (Phi) is 3.64. The number of aliphatic hydroxyl groups is 1. The van der Waals surface area contributed by atoms with E-state index in [1.54, 1.807) is 0 Å². The van der Waals surface area contributed by atoms with Crippen molar-refractivity contribution in [3.05, 3.63) is 23.8 Å². The third-order valence-electron chi connectivity index (χ3n) is 2.54. The van der Waals surface area contributed by atoms with E-state index in [9.17, 15) is 5.11 Å². The largest absolute Gasteiger partial charge is 0.486 e.